The molecular weight excluding hydrogens is 388 g/mol. The van der Waals surface area contributed by atoms with Gasteiger partial charge in [0.2, 0.25) is 10.0 Å². The van der Waals surface area contributed by atoms with Crippen LogP contribution in [-0.4, -0.2) is 40.3 Å². The zero-order valence-electron chi connectivity index (χ0n) is 16.3. The number of nitrogens with zero attached hydrogens (tertiary/aromatic N) is 3. The van der Waals surface area contributed by atoms with Crippen LogP contribution in [0.1, 0.15) is 43.8 Å². The molecule has 1 aromatic carbocycles. The lowest BCUT2D eigenvalue weighted by Gasteiger charge is -2.46. The molecule has 0 saturated carbocycles. The van der Waals surface area contributed by atoms with Crippen LogP contribution in [0.4, 0.5) is 0 Å². The largest absolute Gasteiger partial charge is 0.345 e. The molecule has 0 spiro atoms. The highest BCUT2D eigenvalue weighted by molar-refractivity contribution is 7.89. The van der Waals surface area contributed by atoms with E-state index in [4.69, 9.17) is 0 Å². The number of imidazole rings is 1. The maximum Gasteiger partial charge on any atom is 0.250 e. The smallest absolute Gasteiger partial charge is 0.250 e. The van der Waals surface area contributed by atoms with Crippen LogP contribution in [0.2, 0.25) is 0 Å². The first-order chi connectivity index (χ1) is 14.0. The van der Waals surface area contributed by atoms with Crippen LogP contribution in [0.25, 0.3) is 11.0 Å². The van der Waals surface area contributed by atoms with Crippen molar-refractivity contribution in [2.75, 3.05) is 13.1 Å². The summed E-state index contributed by atoms with van der Waals surface area (Å²) in [5, 5.41) is 0. The maximum absolute atomic E-state index is 13.5. The number of hydrogen-bond acceptors (Lipinski definition) is 4. The topological polar surface area (TPSA) is 88.1 Å². The number of hydrogen-bond donors (Lipinski definition) is 1. The second kappa shape index (κ2) is 6.81. The van der Waals surface area contributed by atoms with Gasteiger partial charge in [-0.05, 0) is 43.0 Å². The average Bonchev–Trinajstić information content (AvgIpc) is 3.19. The third kappa shape index (κ3) is 2.93. The van der Waals surface area contributed by atoms with Crippen LogP contribution in [0.5, 0.6) is 0 Å². The van der Waals surface area contributed by atoms with Gasteiger partial charge in [-0.2, -0.15) is 4.31 Å². The fourth-order valence-electron chi connectivity index (χ4n) is 5.09. The van der Waals surface area contributed by atoms with Gasteiger partial charge in [0.1, 0.15) is 0 Å². The van der Waals surface area contributed by atoms with Gasteiger partial charge in [-0.1, -0.05) is 19.4 Å². The van der Waals surface area contributed by atoms with Crippen molar-refractivity contribution in [3.8, 4) is 0 Å². The fourth-order valence-corrected chi connectivity index (χ4v) is 6.65. The Kier molecular flexibility index (Phi) is 4.36. The molecule has 3 aromatic rings. The standard InChI is InChI=1S/C21H24N4O3S/c1-2-4-19-14-9-15(20-5-3-6-21(26)25(19)20)12-24(11-14)29(27,28)16-7-8-17-18(10-16)23-13-22-17/h3,5-8,10,13-15,19H,2,4,9,11-12H2,1H3,(H,22,23)/t14-,15+,19-/m0/s1. The lowest BCUT2D eigenvalue weighted by Crippen LogP contribution is -2.51. The van der Waals surface area contributed by atoms with Crippen molar-refractivity contribution < 1.29 is 8.42 Å². The molecule has 2 aromatic heterocycles. The van der Waals surface area contributed by atoms with Crippen molar-refractivity contribution in [2.24, 2.45) is 5.92 Å². The number of aromatic nitrogens is 3. The van der Waals surface area contributed by atoms with Crippen molar-refractivity contribution >= 4 is 21.1 Å². The molecule has 7 nitrogen and oxygen atoms in total. The Morgan fingerprint density at radius 3 is 2.90 bits per heavy atom. The van der Waals surface area contributed by atoms with Crippen molar-refractivity contribution in [1.29, 1.82) is 0 Å². The summed E-state index contributed by atoms with van der Waals surface area (Å²) in [7, 11) is -3.63. The Morgan fingerprint density at radius 2 is 2.07 bits per heavy atom. The third-order valence-electron chi connectivity index (χ3n) is 6.38. The highest BCUT2D eigenvalue weighted by Crippen LogP contribution is 2.44. The molecule has 5 rings (SSSR count). The van der Waals surface area contributed by atoms with E-state index in [1.54, 1.807) is 41.0 Å². The Balaban J connectivity index is 1.55. The summed E-state index contributed by atoms with van der Waals surface area (Å²) < 4.78 is 30.5. The monoisotopic (exact) mass is 412 g/mol. The van der Waals surface area contributed by atoms with Crippen LogP contribution in [-0.2, 0) is 10.0 Å². The zero-order chi connectivity index (χ0) is 20.2. The molecule has 4 heterocycles. The summed E-state index contributed by atoms with van der Waals surface area (Å²) >= 11 is 0. The van der Waals surface area contributed by atoms with E-state index in [-0.39, 0.29) is 28.3 Å². The molecule has 0 radical (unpaired) electrons. The molecule has 0 amide bonds. The molecule has 1 N–H and O–H groups in total. The van der Waals surface area contributed by atoms with E-state index in [0.29, 0.717) is 18.6 Å². The normalized spacial score (nSPS) is 24.5. The molecule has 0 aliphatic carbocycles. The molecule has 2 aliphatic heterocycles. The van der Waals surface area contributed by atoms with Gasteiger partial charge in [-0.3, -0.25) is 4.79 Å². The zero-order valence-corrected chi connectivity index (χ0v) is 17.1. The number of benzene rings is 1. The van der Waals surface area contributed by atoms with Crippen LogP contribution < -0.4 is 5.56 Å². The van der Waals surface area contributed by atoms with Gasteiger partial charge in [-0.15, -0.1) is 0 Å². The number of H-pyrrole nitrogens is 1. The minimum atomic E-state index is -3.63. The van der Waals surface area contributed by atoms with Crippen molar-refractivity contribution in [3.63, 3.8) is 0 Å². The van der Waals surface area contributed by atoms with Crippen molar-refractivity contribution in [1.82, 2.24) is 18.8 Å². The summed E-state index contributed by atoms with van der Waals surface area (Å²) in [5.74, 6) is 0.188. The lowest BCUT2D eigenvalue weighted by atomic mass is 9.78. The summed E-state index contributed by atoms with van der Waals surface area (Å²) in [6.45, 7) is 2.96. The summed E-state index contributed by atoms with van der Waals surface area (Å²) in [5.41, 5.74) is 2.45. The quantitative estimate of drug-likeness (QED) is 0.714. The van der Waals surface area contributed by atoms with Gasteiger partial charge in [0.05, 0.1) is 22.3 Å². The molecule has 2 bridgehead atoms. The molecule has 1 fully saturated rings. The molecule has 2 aliphatic rings. The van der Waals surface area contributed by atoms with Crippen LogP contribution in [0.3, 0.4) is 0 Å². The summed E-state index contributed by atoms with van der Waals surface area (Å²) in [4.78, 5) is 20.0. The van der Waals surface area contributed by atoms with Gasteiger partial charge in [0, 0.05) is 36.8 Å². The molecule has 1 saturated heterocycles. The Hall–Kier alpha value is -2.45. The van der Waals surface area contributed by atoms with Gasteiger partial charge in [0.25, 0.3) is 5.56 Å². The number of fused-ring (bicyclic) bond motifs is 5. The van der Waals surface area contributed by atoms with E-state index in [0.717, 1.165) is 30.5 Å². The highest BCUT2D eigenvalue weighted by atomic mass is 32.2. The number of rotatable bonds is 4. The second-order valence-corrected chi connectivity index (χ2v) is 10.0. The minimum absolute atomic E-state index is 0.0247. The van der Waals surface area contributed by atoms with Gasteiger partial charge >= 0.3 is 0 Å². The van der Waals surface area contributed by atoms with E-state index in [1.165, 1.54) is 0 Å². The molecule has 8 heteroatoms. The average molecular weight is 413 g/mol. The maximum atomic E-state index is 13.5. The first kappa shape index (κ1) is 18.6. The second-order valence-electron chi connectivity index (χ2n) is 8.11. The minimum Gasteiger partial charge on any atom is -0.345 e. The summed E-state index contributed by atoms with van der Waals surface area (Å²) in [6.07, 6.45) is 4.33. The van der Waals surface area contributed by atoms with E-state index in [9.17, 15) is 13.2 Å². The predicted molar refractivity (Wildman–Crippen MR) is 110 cm³/mol. The van der Waals surface area contributed by atoms with Crippen LogP contribution in [0, 0.1) is 5.92 Å². The Labute approximate surface area is 169 Å². The molecule has 152 valence electrons. The summed E-state index contributed by atoms with van der Waals surface area (Å²) in [6, 6.07) is 10.5. The van der Waals surface area contributed by atoms with Crippen molar-refractivity contribution in [2.45, 2.75) is 43.0 Å². The van der Waals surface area contributed by atoms with Gasteiger partial charge in [0.15, 0.2) is 0 Å². The number of nitrogens with one attached hydrogen (secondary N) is 1. The van der Waals surface area contributed by atoms with E-state index >= 15 is 0 Å². The Bertz CT molecular complexity index is 1230. The highest BCUT2D eigenvalue weighted by Gasteiger charge is 2.43. The molecule has 0 unspecified atom stereocenters. The fraction of sp³-hybridized carbons (Fsp3) is 0.429. The van der Waals surface area contributed by atoms with Crippen LogP contribution in [0.15, 0.2) is 52.4 Å². The van der Waals surface area contributed by atoms with Gasteiger partial charge in [-0.25, -0.2) is 13.4 Å². The third-order valence-corrected chi connectivity index (χ3v) is 8.21. The SMILES string of the molecule is CCC[C@H]1[C@H]2C[C@H](CN(S(=O)(=O)c3ccc4nc[nH]c4c3)C2)c2cccc(=O)n21. The van der Waals surface area contributed by atoms with E-state index in [1.807, 2.05) is 10.6 Å². The predicted octanol–water partition coefficient (Wildman–Crippen LogP) is 2.87. The first-order valence-corrected chi connectivity index (χ1v) is 11.6. The molecule has 3 atom stereocenters. The van der Waals surface area contributed by atoms with Crippen molar-refractivity contribution in [3.05, 3.63) is 58.8 Å². The Morgan fingerprint density at radius 1 is 1.21 bits per heavy atom. The number of aromatic amines is 1. The first-order valence-electron chi connectivity index (χ1n) is 10.1. The van der Waals surface area contributed by atoms with E-state index in [2.05, 4.69) is 16.9 Å². The van der Waals surface area contributed by atoms with E-state index < -0.39 is 10.0 Å². The number of sulfonamides is 1. The number of piperidine rings is 1. The van der Waals surface area contributed by atoms with Gasteiger partial charge < -0.3 is 9.55 Å². The number of pyridine rings is 1. The lowest BCUT2D eigenvalue weighted by molar-refractivity contribution is 0.136. The molecule has 29 heavy (non-hydrogen) atoms. The molecular formula is C21H24N4O3S. The van der Waals surface area contributed by atoms with Crippen LogP contribution >= 0.6 is 0 Å².